The van der Waals surface area contributed by atoms with Crippen molar-refractivity contribution in [3.05, 3.63) is 18.0 Å². The smallest absolute Gasteiger partial charge is 0.0593 e. The Balaban J connectivity index is 2.75. The highest BCUT2D eigenvalue weighted by Crippen LogP contribution is 2.22. The first-order valence-corrected chi connectivity index (χ1v) is 6.66. The average molecular weight is 254 g/mol. The van der Waals surface area contributed by atoms with Gasteiger partial charge in [0.15, 0.2) is 0 Å². The van der Waals surface area contributed by atoms with Gasteiger partial charge in [0, 0.05) is 38.0 Å². The van der Waals surface area contributed by atoms with Crippen molar-refractivity contribution in [2.75, 3.05) is 26.3 Å². The van der Waals surface area contributed by atoms with E-state index in [1.807, 2.05) is 38.0 Å². The summed E-state index contributed by atoms with van der Waals surface area (Å²) in [6.07, 6.45) is 3.94. The zero-order chi connectivity index (χ0) is 13.5. The average Bonchev–Trinajstić information content (AvgIpc) is 2.74. The molecule has 0 bridgehead atoms. The largest absolute Gasteiger partial charge is 0.380 e. The number of likely N-dealkylation sites (N-methyl/N-ethyl adjacent to an activating group) is 1. The summed E-state index contributed by atoms with van der Waals surface area (Å²) in [4.78, 5) is 2.34. The summed E-state index contributed by atoms with van der Waals surface area (Å²) >= 11 is 0. The minimum Gasteiger partial charge on any atom is -0.380 e. The van der Waals surface area contributed by atoms with Gasteiger partial charge in [-0.15, -0.1) is 0 Å². The van der Waals surface area contributed by atoms with Crippen LogP contribution in [0.25, 0.3) is 0 Å². The van der Waals surface area contributed by atoms with Gasteiger partial charge in [0.05, 0.1) is 18.8 Å². The fourth-order valence-corrected chi connectivity index (χ4v) is 2.26. The molecule has 2 unspecified atom stereocenters. The Labute approximate surface area is 110 Å². The molecule has 0 aliphatic heterocycles. The monoisotopic (exact) mass is 254 g/mol. The molecule has 18 heavy (non-hydrogen) atoms. The maximum Gasteiger partial charge on any atom is 0.0593 e. The molecule has 104 valence electrons. The van der Waals surface area contributed by atoms with E-state index in [1.54, 1.807) is 0 Å². The SMILES string of the molecule is CCOCCN(CC)C(c1cnn(C)c1)C(C)N. The van der Waals surface area contributed by atoms with Crippen LogP contribution in [0.1, 0.15) is 32.4 Å². The number of rotatable bonds is 8. The maximum atomic E-state index is 6.14. The van der Waals surface area contributed by atoms with Crippen molar-refractivity contribution in [3.8, 4) is 0 Å². The number of nitrogens with zero attached hydrogens (tertiary/aromatic N) is 3. The molecule has 0 amide bonds. The predicted octanol–water partition coefficient (Wildman–Crippen LogP) is 1.17. The summed E-state index contributed by atoms with van der Waals surface area (Å²) in [5, 5.41) is 4.24. The Morgan fingerprint density at radius 2 is 2.22 bits per heavy atom. The Kier molecular flexibility index (Phi) is 6.32. The molecule has 1 heterocycles. The van der Waals surface area contributed by atoms with Crippen molar-refractivity contribution < 1.29 is 4.74 Å². The Hall–Kier alpha value is -0.910. The van der Waals surface area contributed by atoms with Gasteiger partial charge in [0.2, 0.25) is 0 Å². The summed E-state index contributed by atoms with van der Waals surface area (Å²) in [6, 6.07) is 0.264. The fraction of sp³-hybridized carbons (Fsp3) is 0.769. The minimum absolute atomic E-state index is 0.0655. The molecule has 0 aromatic carbocycles. The molecule has 1 rings (SSSR count). The van der Waals surface area contributed by atoms with Crippen LogP contribution < -0.4 is 5.73 Å². The van der Waals surface area contributed by atoms with Crippen molar-refractivity contribution in [1.29, 1.82) is 0 Å². The lowest BCUT2D eigenvalue weighted by Crippen LogP contribution is -2.41. The lowest BCUT2D eigenvalue weighted by atomic mass is 10.0. The van der Waals surface area contributed by atoms with Crippen LogP contribution in [0.3, 0.4) is 0 Å². The van der Waals surface area contributed by atoms with E-state index in [-0.39, 0.29) is 12.1 Å². The standard InChI is InChI=1S/C13H26N4O/c1-5-17(7-8-18-6-2)13(11(3)14)12-9-15-16(4)10-12/h9-11,13H,5-8,14H2,1-4H3. The number of hydrogen-bond acceptors (Lipinski definition) is 4. The second-order valence-corrected chi connectivity index (χ2v) is 4.58. The third-order valence-corrected chi connectivity index (χ3v) is 3.09. The lowest BCUT2D eigenvalue weighted by molar-refractivity contribution is 0.0909. The zero-order valence-corrected chi connectivity index (χ0v) is 12.0. The van der Waals surface area contributed by atoms with Gasteiger partial charge in [-0.2, -0.15) is 5.10 Å². The normalized spacial score (nSPS) is 15.0. The summed E-state index contributed by atoms with van der Waals surface area (Å²) in [5.41, 5.74) is 7.31. The van der Waals surface area contributed by atoms with Crippen molar-refractivity contribution in [3.63, 3.8) is 0 Å². The first kappa shape index (κ1) is 15.1. The molecule has 0 radical (unpaired) electrons. The first-order chi connectivity index (χ1) is 8.60. The van der Waals surface area contributed by atoms with Gasteiger partial charge in [-0.05, 0) is 20.4 Å². The molecular weight excluding hydrogens is 228 g/mol. The Morgan fingerprint density at radius 1 is 1.50 bits per heavy atom. The molecule has 0 saturated heterocycles. The van der Waals surface area contributed by atoms with Crippen LogP contribution in [-0.2, 0) is 11.8 Å². The number of aryl methyl sites for hydroxylation is 1. The van der Waals surface area contributed by atoms with Gasteiger partial charge >= 0.3 is 0 Å². The van der Waals surface area contributed by atoms with Crippen LogP contribution in [0.4, 0.5) is 0 Å². The van der Waals surface area contributed by atoms with Crippen LogP contribution in [-0.4, -0.2) is 47.0 Å². The molecule has 2 N–H and O–H groups in total. The fourth-order valence-electron chi connectivity index (χ4n) is 2.26. The third kappa shape index (κ3) is 4.08. The second-order valence-electron chi connectivity index (χ2n) is 4.58. The number of aromatic nitrogens is 2. The van der Waals surface area contributed by atoms with Gasteiger partial charge in [-0.1, -0.05) is 6.92 Å². The van der Waals surface area contributed by atoms with Crippen LogP contribution in [0.2, 0.25) is 0 Å². The van der Waals surface area contributed by atoms with Gasteiger partial charge in [-0.25, -0.2) is 0 Å². The molecule has 5 heteroatoms. The molecule has 0 aliphatic rings. The molecule has 0 fully saturated rings. The number of ether oxygens (including phenoxy) is 1. The predicted molar refractivity (Wildman–Crippen MR) is 73.3 cm³/mol. The van der Waals surface area contributed by atoms with E-state index >= 15 is 0 Å². The highest BCUT2D eigenvalue weighted by Gasteiger charge is 2.23. The van der Waals surface area contributed by atoms with E-state index in [1.165, 1.54) is 5.56 Å². The summed E-state index contributed by atoms with van der Waals surface area (Å²) in [6.45, 7) is 9.56. The van der Waals surface area contributed by atoms with Crippen LogP contribution in [0.15, 0.2) is 12.4 Å². The zero-order valence-electron chi connectivity index (χ0n) is 12.0. The van der Waals surface area contributed by atoms with Crippen molar-refractivity contribution in [2.24, 2.45) is 12.8 Å². The van der Waals surface area contributed by atoms with Crippen molar-refractivity contribution in [1.82, 2.24) is 14.7 Å². The lowest BCUT2D eigenvalue weighted by Gasteiger charge is -2.32. The Bertz CT molecular complexity index is 337. The van der Waals surface area contributed by atoms with Gasteiger partial charge in [-0.3, -0.25) is 9.58 Å². The van der Waals surface area contributed by atoms with E-state index in [0.717, 1.165) is 26.3 Å². The molecule has 5 nitrogen and oxygen atoms in total. The van der Waals surface area contributed by atoms with E-state index < -0.39 is 0 Å². The highest BCUT2D eigenvalue weighted by molar-refractivity contribution is 5.13. The first-order valence-electron chi connectivity index (χ1n) is 6.66. The molecule has 1 aromatic rings. The maximum absolute atomic E-state index is 6.14. The summed E-state index contributed by atoms with van der Waals surface area (Å²) in [5.74, 6) is 0. The van der Waals surface area contributed by atoms with Crippen molar-refractivity contribution >= 4 is 0 Å². The minimum atomic E-state index is 0.0655. The topological polar surface area (TPSA) is 56.3 Å². The quantitative estimate of drug-likeness (QED) is 0.708. The highest BCUT2D eigenvalue weighted by atomic mass is 16.5. The molecule has 0 saturated carbocycles. The number of nitrogens with two attached hydrogens (primary N) is 1. The van der Waals surface area contributed by atoms with E-state index in [4.69, 9.17) is 10.5 Å². The molecule has 1 aromatic heterocycles. The van der Waals surface area contributed by atoms with E-state index in [2.05, 4.69) is 16.9 Å². The van der Waals surface area contributed by atoms with E-state index in [9.17, 15) is 0 Å². The Morgan fingerprint density at radius 3 is 2.67 bits per heavy atom. The molecule has 0 aliphatic carbocycles. The van der Waals surface area contributed by atoms with Crippen LogP contribution in [0, 0.1) is 0 Å². The summed E-state index contributed by atoms with van der Waals surface area (Å²) < 4.78 is 7.25. The number of hydrogen-bond donors (Lipinski definition) is 1. The van der Waals surface area contributed by atoms with Gasteiger partial charge in [0.25, 0.3) is 0 Å². The molecular formula is C13H26N4O. The van der Waals surface area contributed by atoms with E-state index in [0.29, 0.717) is 0 Å². The second kappa shape index (κ2) is 7.51. The van der Waals surface area contributed by atoms with Gasteiger partial charge in [0.1, 0.15) is 0 Å². The van der Waals surface area contributed by atoms with Gasteiger partial charge < -0.3 is 10.5 Å². The molecule has 2 atom stereocenters. The summed E-state index contributed by atoms with van der Waals surface area (Å²) in [7, 11) is 1.93. The van der Waals surface area contributed by atoms with Crippen LogP contribution in [0.5, 0.6) is 0 Å². The van der Waals surface area contributed by atoms with Crippen molar-refractivity contribution in [2.45, 2.75) is 32.9 Å². The molecule has 0 spiro atoms. The third-order valence-electron chi connectivity index (χ3n) is 3.09. The van der Waals surface area contributed by atoms with Crippen LogP contribution >= 0.6 is 0 Å².